The van der Waals surface area contributed by atoms with Crippen LogP contribution in [0.5, 0.6) is 5.75 Å². The van der Waals surface area contributed by atoms with E-state index in [4.69, 9.17) is 0 Å². The highest BCUT2D eigenvalue weighted by Crippen LogP contribution is 2.29. The summed E-state index contributed by atoms with van der Waals surface area (Å²) in [4.78, 5) is 0. The van der Waals surface area contributed by atoms with Crippen LogP contribution in [0.4, 0.5) is 0 Å². The van der Waals surface area contributed by atoms with Crippen LogP contribution in [0.15, 0.2) is 18.2 Å². The average Bonchev–Trinajstić information content (AvgIpc) is 2.06. The zero-order valence-electron chi connectivity index (χ0n) is 6.30. The minimum absolute atomic E-state index is 0.426. The topological polar surface area (TPSA) is 20.2 Å². The molecule has 1 aliphatic carbocycles. The molecule has 0 unspecified atom stereocenters. The van der Waals surface area contributed by atoms with Crippen molar-refractivity contribution in [3.8, 4) is 5.75 Å². The van der Waals surface area contributed by atoms with Gasteiger partial charge >= 0.3 is 0 Å². The molecule has 1 heteroatoms. The fourth-order valence-corrected chi connectivity index (χ4v) is 1.49. The molecule has 0 heterocycles. The average molecular weight is 146 g/mol. The fourth-order valence-electron chi connectivity index (χ4n) is 1.49. The van der Waals surface area contributed by atoms with Crippen molar-refractivity contribution in [2.75, 3.05) is 0 Å². The normalized spacial score (nSPS) is 16.0. The van der Waals surface area contributed by atoms with E-state index in [-0.39, 0.29) is 0 Å². The van der Waals surface area contributed by atoms with Gasteiger partial charge in [-0.2, -0.15) is 0 Å². The van der Waals surface area contributed by atoms with Crippen molar-refractivity contribution in [1.29, 1.82) is 0 Å². The maximum absolute atomic E-state index is 9.42. The minimum atomic E-state index is 0.426. The van der Waals surface area contributed by atoms with Crippen LogP contribution < -0.4 is 0 Å². The van der Waals surface area contributed by atoms with Crippen molar-refractivity contribution in [2.24, 2.45) is 0 Å². The number of rotatable bonds is 0. The Morgan fingerprint density at radius 3 is 3.09 bits per heavy atom. The Bertz CT molecular complexity index is 266. The van der Waals surface area contributed by atoms with Gasteiger partial charge in [-0.05, 0) is 36.5 Å². The molecule has 0 aromatic heterocycles. The van der Waals surface area contributed by atoms with Gasteiger partial charge in [-0.1, -0.05) is 12.1 Å². The predicted octanol–water partition coefficient (Wildman–Crippen LogP) is 2.16. The standard InChI is InChI=1S/C10H10O/c11-10-7-3-5-8-4-1-2-6-9(8)10/h3,5,7,11H,1-2,6H2. The van der Waals surface area contributed by atoms with E-state index >= 15 is 0 Å². The van der Waals surface area contributed by atoms with Crippen molar-refractivity contribution < 1.29 is 5.11 Å². The molecule has 11 heavy (non-hydrogen) atoms. The molecule has 1 aromatic carbocycles. The molecule has 0 atom stereocenters. The van der Waals surface area contributed by atoms with Gasteiger partial charge in [-0.3, -0.25) is 0 Å². The number of hydrogen-bond acceptors (Lipinski definition) is 1. The lowest BCUT2D eigenvalue weighted by Crippen LogP contribution is -1.99. The molecular formula is C10H10O. The molecule has 0 amide bonds. The summed E-state index contributed by atoms with van der Waals surface area (Å²) in [6.07, 6.45) is 6.38. The maximum atomic E-state index is 9.42. The highest BCUT2D eigenvalue weighted by atomic mass is 16.3. The van der Waals surface area contributed by atoms with Gasteiger partial charge < -0.3 is 5.11 Å². The number of aromatic hydroxyl groups is 1. The van der Waals surface area contributed by atoms with E-state index in [1.165, 1.54) is 0 Å². The first-order valence-corrected chi connectivity index (χ1v) is 3.92. The van der Waals surface area contributed by atoms with Crippen LogP contribution >= 0.6 is 0 Å². The third-order valence-corrected chi connectivity index (χ3v) is 2.07. The van der Waals surface area contributed by atoms with Crippen LogP contribution in [-0.2, 0) is 6.42 Å². The summed E-state index contributed by atoms with van der Waals surface area (Å²) in [6.45, 7) is 0. The van der Waals surface area contributed by atoms with Crippen LogP contribution in [-0.4, -0.2) is 5.11 Å². The van der Waals surface area contributed by atoms with Gasteiger partial charge in [0.05, 0.1) is 0 Å². The lowest BCUT2D eigenvalue weighted by Gasteiger charge is -2.15. The Morgan fingerprint density at radius 2 is 2.27 bits per heavy atom. The number of phenolic OH excluding ortho intramolecular Hbond substituents is 1. The largest absolute Gasteiger partial charge is 0.508 e. The van der Waals surface area contributed by atoms with Gasteiger partial charge in [0.2, 0.25) is 0 Å². The third-order valence-electron chi connectivity index (χ3n) is 2.07. The zero-order valence-corrected chi connectivity index (χ0v) is 6.30. The summed E-state index contributed by atoms with van der Waals surface area (Å²) in [7, 11) is 0. The van der Waals surface area contributed by atoms with E-state index in [1.807, 2.05) is 12.1 Å². The van der Waals surface area contributed by atoms with E-state index in [1.54, 1.807) is 6.07 Å². The summed E-state index contributed by atoms with van der Waals surface area (Å²) in [5.74, 6) is 0.426. The van der Waals surface area contributed by atoms with Gasteiger partial charge in [0.1, 0.15) is 5.75 Å². The molecule has 1 aliphatic rings. The van der Waals surface area contributed by atoms with Crippen molar-refractivity contribution in [1.82, 2.24) is 0 Å². The van der Waals surface area contributed by atoms with Crippen molar-refractivity contribution in [2.45, 2.75) is 19.3 Å². The lowest BCUT2D eigenvalue weighted by molar-refractivity contribution is 0.465. The molecule has 56 valence electrons. The Kier molecular flexibility index (Phi) is 1.57. The van der Waals surface area contributed by atoms with Crippen LogP contribution in [0, 0.1) is 6.42 Å². The first kappa shape index (κ1) is 6.71. The Labute approximate surface area is 66.7 Å². The monoisotopic (exact) mass is 146 g/mol. The van der Waals surface area contributed by atoms with E-state index in [9.17, 15) is 5.11 Å². The quantitative estimate of drug-likeness (QED) is 0.594. The van der Waals surface area contributed by atoms with Crippen LogP contribution in [0.1, 0.15) is 24.0 Å². The number of benzene rings is 1. The van der Waals surface area contributed by atoms with E-state index < -0.39 is 0 Å². The Hall–Kier alpha value is -0.980. The van der Waals surface area contributed by atoms with E-state index in [0.29, 0.717) is 5.75 Å². The lowest BCUT2D eigenvalue weighted by atomic mass is 9.91. The first-order chi connectivity index (χ1) is 5.38. The molecule has 1 nitrogen and oxygen atoms in total. The molecule has 2 radical (unpaired) electrons. The second-order valence-corrected chi connectivity index (χ2v) is 2.83. The van der Waals surface area contributed by atoms with Gasteiger partial charge in [-0.25, -0.2) is 0 Å². The molecular weight excluding hydrogens is 136 g/mol. The predicted molar refractivity (Wildman–Crippen MR) is 43.4 cm³/mol. The smallest absolute Gasteiger partial charge is 0.119 e. The van der Waals surface area contributed by atoms with Gasteiger partial charge in [0, 0.05) is 6.42 Å². The molecule has 1 N–H and O–H groups in total. The highest BCUT2D eigenvalue weighted by molar-refractivity contribution is 5.44. The summed E-state index contributed by atoms with van der Waals surface area (Å²) < 4.78 is 0. The SMILES string of the molecule is Oc1cccc2c1CCC[C]2. The second-order valence-electron chi connectivity index (χ2n) is 2.83. The van der Waals surface area contributed by atoms with Crippen LogP contribution in [0.25, 0.3) is 0 Å². The number of fused-ring (bicyclic) bond motifs is 1. The van der Waals surface area contributed by atoms with Gasteiger partial charge in [0.25, 0.3) is 0 Å². The molecule has 0 fully saturated rings. The summed E-state index contributed by atoms with van der Waals surface area (Å²) in [6, 6.07) is 5.62. The minimum Gasteiger partial charge on any atom is -0.508 e. The summed E-state index contributed by atoms with van der Waals surface area (Å²) in [5.41, 5.74) is 2.16. The number of phenols is 1. The second kappa shape index (κ2) is 2.57. The molecule has 0 saturated carbocycles. The van der Waals surface area contributed by atoms with Crippen molar-refractivity contribution in [3.05, 3.63) is 35.7 Å². The highest BCUT2D eigenvalue weighted by Gasteiger charge is 2.11. The number of hydrogen-bond donors (Lipinski definition) is 1. The summed E-state index contributed by atoms with van der Waals surface area (Å²) in [5, 5.41) is 9.42. The Balaban J connectivity index is 2.49. The molecule has 0 saturated heterocycles. The molecule has 2 rings (SSSR count). The van der Waals surface area contributed by atoms with Gasteiger partial charge in [-0.15, -0.1) is 0 Å². The fraction of sp³-hybridized carbons (Fsp3) is 0.300. The van der Waals surface area contributed by atoms with E-state index in [0.717, 1.165) is 30.4 Å². The van der Waals surface area contributed by atoms with E-state index in [2.05, 4.69) is 6.42 Å². The third kappa shape index (κ3) is 1.11. The zero-order chi connectivity index (χ0) is 7.68. The summed E-state index contributed by atoms with van der Waals surface area (Å²) >= 11 is 0. The first-order valence-electron chi connectivity index (χ1n) is 3.92. The van der Waals surface area contributed by atoms with Gasteiger partial charge in [0.15, 0.2) is 0 Å². The molecule has 0 spiro atoms. The Morgan fingerprint density at radius 1 is 1.36 bits per heavy atom. The van der Waals surface area contributed by atoms with Crippen molar-refractivity contribution >= 4 is 0 Å². The van der Waals surface area contributed by atoms with Crippen LogP contribution in [0.2, 0.25) is 0 Å². The molecule has 0 bridgehead atoms. The van der Waals surface area contributed by atoms with Crippen molar-refractivity contribution in [3.63, 3.8) is 0 Å². The maximum Gasteiger partial charge on any atom is 0.119 e. The molecule has 1 aromatic rings. The molecule has 0 aliphatic heterocycles. The van der Waals surface area contributed by atoms with Crippen LogP contribution in [0.3, 0.4) is 0 Å².